The van der Waals surface area contributed by atoms with Crippen LogP contribution < -0.4 is 10.6 Å². The molecule has 3 N–H and O–H groups in total. The van der Waals surface area contributed by atoms with Crippen LogP contribution in [0.4, 0.5) is 5.69 Å². The molecule has 0 saturated heterocycles. The molecule has 29 heavy (non-hydrogen) atoms. The molecule has 2 aromatic carbocycles. The highest BCUT2D eigenvalue weighted by Crippen LogP contribution is 2.23. The average molecular weight is 456 g/mol. The quantitative estimate of drug-likeness (QED) is 0.528. The van der Waals surface area contributed by atoms with Gasteiger partial charge in [0.25, 0.3) is 5.91 Å². The van der Waals surface area contributed by atoms with Crippen LogP contribution in [0.5, 0.6) is 0 Å². The Hall–Kier alpha value is -3.26. The SMILES string of the molecule is Cc1cc(C(=O)Nc2ccc(CC(=O)NCC(=O)O)cc2)c2ccc(Br)cc2n1. The molecule has 148 valence electrons. The summed E-state index contributed by atoms with van der Waals surface area (Å²) < 4.78 is 0.887. The number of nitrogens with one attached hydrogen (secondary N) is 2. The number of hydrogen-bond acceptors (Lipinski definition) is 4. The third kappa shape index (κ3) is 5.39. The molecule has 2 amide bonds. The zero-order valence-electron chi connectivity index (χ0n) is 15.5. The van der Waals surface area contributed by atoms with Gasteiger partial charge < -0.3 is 15.7 Å². The first kappa shape index (κ1) is 20.5. The maximum absolute atomic E-state index is 12.8. The molecule has 0 fully saturated rings. The van der Waals surface area contributed by atoms with Crippen LogP contribution in [0.15, 0.2) is 53.0 Å². The van der Waals surface area contributed by atoms with Gasteiger partial charge in [0.2, 0.25) is 5.91 Å². The Balaban J connectivity index is 1.72. The van der Waals surface area contributed by atoms with E-state index in [1.165, 1.54) is 0 Å². The number of carbonyl (C=O) groups is 3. The molecule has 0 radical (unpaired) electrons. The fourth-order valence-electron chi connectivity index (χ4n) is 2.85. The smallest absolute Gasteiger partial charge is 0.322 e. The van der Waals surface area contributed by atoms with E-state index in [0.717, 1.165) is 21.1 Å². The Morgan fingerprint density at radius 3 is 2.48 bits per heavy atom. The summed E-state index contributed by atoms with van der Waals surface area (Å²) in [4.78, 5) is 39.4. The highest BCUT2D eigenvalue weighted by Gasteiger charge is 2.13. The fraction of sp³-hybridized carbons (Fsp3) is 0.143. The molecular formula is C21H18BrN3O4. The number of aromatic nitrogens is 1. The first-order chi connectivity index (χ1) is 13.8. The van der Waals surface area contributed by atoms with Crippen LogP contribution in [0, 0.1) is 6.92 Å². The number of rotatable bonds is 6. The van der Waals surface area contributed by atoms with E-state index >= 15 is 0 Å². The Kier molecular flexibility index (Phi) is 6.23. The van der Waals surface area contributed by atoms with Crippen molar-refractivity contribution >= 4 is 50.3 Å². The number of hydrogen-bond donors (Lipinski definition) is 3. The minimum Gasteiger partial charge on any atom is -0.480 e. The number of amides is 2. The molecule has 0 unspecified atom stereocenters. The van der Waals surface area contributed by atoms with Gasteiger partial charge in [-0.2, -0.15) is 0 Å². The largest absolute Gasteiger partial charge is 0.480 e. The van der Waals surface area contributed by atoms with Crippen LogP contribution in [0.25, 0.3) is 10.9 Å². The van der Waals surface area contributed by atoms with Crippen molar-refractivity contribution < 1.29 is 19.5 Å². The van der Waals surface area contributed by atoms with Gasteiger partial charge in [-0.15, -0.1) is 0 Å². The van der Waals surface area contributed by atoms with Gasteiger partial charge in [0.05, 0.1) is 17.5 Å². The number of pyridine rings is 1. The molecule has 0 saturated carbocycles. The van der Waals surface area contributed by atoms with Crippen molar-refractivity contribution in [3.05, 3.63) is 69.8 Å². The summed E-state index contributed by atoms with van der Waals surface area (Å²) in [6.45, 7) is 1.42. The zero-order valence-corrected chi connectivity index (χ0v) is 17.1. The van der Waals surface area contributed by atoms with Crippen LogP contribution in [-0.4, -0.2) is 34.4 Å². The van der Waals surface area contributed by atoms with Crippen LogP contribution in [0.3, 0.4) is 0 Å². The minimum absolute atomic E-state index is 0.0601. The molecule has 0 aliphatic rings. The van der Waals surface area contributed by atoms with Gasteiger partial charge in [0.1, 0.15) is 6.54 Å². The summed E-state index contributed by atoms with van der Waals surface area (Å²) >= 11 is 3.41. The van der Waals surface area contributed by atoms with Crippen molar-refractivity contribution in [3.8, 4) is 0 Å². The van der Waals surface area contributed by atoms with E-state index in [2.05, 4.69) is 31.5 Å². The molecule has 0 atom stereocenters. The fourth-order valence-corrected chi connectivity index (χ4v) is 3.20. The van der Waals surface area contributed by atoms with Crippen molar-refractivity contribution in [1.82, 2.24) is 10.3 Å². The van der Waals surface area contributed by atoms with Crippen LogP contribution in [-0.2, 0) is 16.0 Å². The van der Waals surface area contributed by atoms with Crippen LogP contribution in [0.1, 0.15) is 21.6 Å². The van der Waals surface area contributed by atoms with E-state index < -0.39 is 12.5 Å². The molecule has 0 bridgehead atoms. The number of nitrogens with zero attached hydrogens (tertiary/aromatic N) is 1. The normalized spacial score (nSPS) is 10.6. The van der Waals surface area contributed by atoms with E-state index in [1.54, 1.807) is 30.3 Å². The van der Waals surface area contributed by atoms with Gasteiger partial charge in [0.15, 0.2) is 0 Å². The number of anilines is 1. The van der Waals surface area contributed by atoms with E-state index in [4.69, 9.17) is 5.11 Å². The average Bonchev–Trinajstić information content (AvgIpc) is 2.67. The number of aryl methyl sites for hydroxylation is 1. The second-order valence-corrected chi connectivity index (χ2v) is 7.39. The third-order valence-electron chi connectivity index (χ3n) is 4.16. The maximum Gasteiger partial charge on any atom is 0.322 e. The van der Waals surface area contributed by atoms with Crippen LogP contribution >= 0.6 is 15.9 Å². The number of carbonyl (C=O) groups excluding carboxylic acids is 2. The predicted molar refractivity (Wildman–Crippen MR) is 113 cm³/mol. The van der Waals surface area contributed by atoms with E-state index in [1.807, 2.05) is 25.1 Å². The van der Waals surface area contributed by atoms with E-state index in [0.29, 0.717) is 16.8 Å². The van der Waals surface area contributed by atoms with Gasteiger partial charge >= 0.3 is 5.97 Å². The van der Waals surface area contributed by atoms with Crippen molar-refractivity contribution in [2.24, 2.45) is 0 Å². The minimum atomic E-state index is -1.09. The van der Waals surface area contributed by atoms with E-state index in [-0.39, 0.29) is 18.2 Å². The molecule has 0 aliphatic heterocycles. The highest BCUT2D eigenvalue weighted by atomic mass is 79.9. The number of benzene rings is 2. The monoisotopic (exact) mass is 455 g/mol. The molecule has 1 aromatic heterocycles. The summed E-state index contributed by atoms with van der Waals surface area (Å²) in [5.41, 5.74) is 3.29. The lowest BCUT2D eigenvalue weighted by atomic mass is 10.1. The number of aliphatic carboxylic acids is 1. The number of halogens is 1. The van der Waals surface area contributed by atoms with E-state index in [9.17, 15) is 14.4 Å². The Morgan fingerprint density at radius 1 is 1.07 bits per heavy atom. The lowest BCUT2D eigenvalue weighted by Gasteiger charge is -2.10. The molecule has 7 nitrogen and oxygen atoms in total. The van der Waals surface area contributed by atoms with Crippen molar-refractivity contribution in [2.45, 2.75) is 13.3 Å². The predicted octanol–water partition coefficient (Wildman–Crippen LogP) is 3.30. The van der Waals surface area contributed by atoms with Crippen LogP contribution in [0.2, 0.25) is 0 Å². The highest BCUT2D eigenvalue weighted by molar-refractivity contribution is 9.10. The number of carboxylic acid groups (broad SMARTS) is 1. The standard InChI is InChI=1S/C21H18BrN3O4/c1-12-8-17(16-7-4-14(22)10-18(16)24-12)21(29)25-15-5-2-13(3-6-15)9-19(26)23-11-20(27)28/h2-8,10H,9,11H2,1H3,(H,23,26)(H,25,29)(H,27,28). The molecule has 0 aliphatic carbocycles. The van der Waals surface area contributed by atoms with Gasteiger partial charge in [-0.3, -0.25) is 19.4 Å². The molecular weight excluding hydrogens is 438 g/mol. The summed E-state index contributed by atoms with van der Waals surface area (Å²) in [7, 11) is 0. The van der Waals surface area contributed by atoms with Crippen molar-refractivity contribution in [1.29, 1.82) is 0 Å². The van der Waals surface area contributed by atoms with Crippen molar-refractivity contribution in [2.75, 3.05) is 11.9 Å². The topological polar surface area (TPSA) is 108 Å². The van der Waals surface area contributed by atoms with Gasteiger partial charge in [-0.1, -0.05) is 34.1 Å². The van der Waals surface area contributed by atoms with Gasteiger partial charge in [-0.05, 0) is 42.8 Å². The molecule has 0 spiro atoms. The first-order valence-corrected chi connectivity index (χ1v) is 9.57. The Labute approximate surface area is 175 Å². The zero-order chi connectivity index (χ0) is 21.0. The van der Waals surface area contributed by atoms with Gasteiger partial charge in [0, 0.05) is 21.2 Å². The molecule has 3 rings (SSSR count). The summed E-state index contributed by atoms with van der Waals surface area (Å²) in [6, 6.07) is 14.1. The Bertz CT molecular complexity index is 1090. The second kappa shape index (κ2) is 8.83. The first-order valence-electron chi connectivity index (χ1n) is 8.77. The lowest BCUT2D eigenvalue weighted by Crippen LogP contribution is -2.30. The Morgan fingerprint density at radius 2 is 1.79 bits per heavy atom. The summed E-state index contributed by atoms with van der Waals surface area (Å²) in [6.07, 6.45) is 0.0601. The summed E-state index contributed by atoms with van der Waals surface area (Å²) in [5, 5.41) is 14.5. The second-order valence-electron chi connectivity index (χ2n) is 6.47. The molecule has 1 heterocycles. The number of carboxylic acids is 1. The maximum atomic E-state index is 12.8. The third-order valence-corrected chi connectivity index (χ3v) is 4.65. The molecule has 8 heteroatoms. The lowest BCUT2D eigenvalue weighted by molar-refractivity contribution is -0.137. The number of fused-ring (bicyclic) bond motifs is 1. The van der Waals surface area contributed by atoms with Crippen molar-refractivity contribution in [3.63, 3.8) is 0 Å². The molecule has 3 aromatic rings. The van der Waals surface area contributed by atoms with Gasteiger partial charge in [-0.25, -0.2) is 0 Å². The summed E-state index contributed by atoms with van der Waals surface area (Å²) in [5.74, 6) is -1.73.